The summed E-state index contributed by atoms with van der Waals surface area (Å²) >= 11 is 0. The minimum absolute atomic E-state index is 0.0762. The number of benzene rings is 2. The fraction of sp³-hybridized carbons (Fsp3) is 0.364. The maximum atomic E-state index is 12.2. The van der Waals surface area contributed by atoms with E-state index in [1.807, 2.05) is 61.3 Å². The number of para-hydroxylation sites is 2. The van der Waals surface area contributed by atoms with E-state index in [4.69, 9.17) is 9.47 Å². The molecule has 29 heavy (non-hydrogen) atoms. The zero-order valence-electron chi connectivity index (χ0n) is 17.5. The van der Waals surface area contributed by atoms with Gasteiger partial charge in [-0.3, -0.25) is 14.5 Å². The SMILES string of the molecule is CCc1ccccc1NC(=O)CNC(=O)CN(C)Cc1cccc(OC)c1OC. The van der Waals surface area contributed by atoms with Crippen molar-refractivity contribution in [2.24, 2.45) is 0 Å². The Morgan fingerprint density at radius 3 is 2.38 bits per heavy atom. The van der Waals surface area contributed by atoms with Gasteiger partial charge in [0, 0.05) is 17.8 Å². The smallest absolute Gasteiger partial charge is 0.243 e. The van der Waals surface area contributed by atoms with E-state index in [9.17, 15) is 9.59 Å². The molecular formula is C22H29N3O4. The Bertz CT molecular complexity index is 839. The number of carbonyl (C=O) groups is 2. The number of methoxy groups -OCH3 is 2. The summed E-state index contributed by atoms with van der Waals surface area (Å²) in [7, 11) is 5.00. The van der Waals surface area contributed by atoms with E-state index < -0.39 is 0 Å². The van der Waals surface area contributed by atoms with Crippen LogP contribution in [0.2, 0.25) is 0 Å². The fourth-order valence-electron chi connectivity index (χ4n) is 3.05. The minimum atomic E-state index is -0.253. The molecule has 2 rings (SSSR count). The highest BCUT2D eigenvalue weighted by atomic mass is 16.5. The summed E-state index contributed by atoms with van der Waals surface area (Å²) in [5, 5.41) is 5.50. The second kappa shape index (κ2) is 11.1. The zero-order valence-corrected chi connectivity index (χ0v) is 17.5. The van der Waals surface area contributed by atoms with Crippen molar-refractivity contribution in [1.82, 2.24) is 10.2 Å². The average Bonchev–Trinajstić information content (AvgIpc) is 2.72. The molecule has 2 aromatic rings. The summed E-state index contributed by atoms with van der Waals surface area (Å²) in [5.41, 5.74) is 2.74. The molecule has 0 saturated carbocycles. The third-order valence-electron chi connectivity index (χ3n) is 4.46. The van der Waals surface area contributed by atoms with Crippen LogP contribution in [0.15, 0.2) is 42.5 Å². The van der Waals surface area contributed by atoms with Crippen molar-refractivity contribution in [3.63, 3.8) is 0 Å². The van der Waals surface area contributed by atoms with Crippen LogP contribution in [0.3, 0.4) is 0 Å². The molecule has 0 aliphatic carbocycles. The molecule has 0 spiro atoms. The number of carbonyl (C=O) groups excluding carboxylic acids is 2. The quantitative estimate of drug-likeness (QED) is 0.642. The van der Waals surface area contributed by atoms with Gasteiger partial charge in [-0.15, -0.1) is 0 Å². The van der Waals surface area contributed by atoms with E-state index in [0.717, 1.165) is 23.2 Å². The molecule has 0 radical (unpaired) electrons. The molecule has 7 nitrogen and oxygen atoms in total. The molecule has 2 amide bonds. The topological polar surface area (TPSA) is 79.9 Å². The van der Waals surface area contributed by atoms with Gasteiger partial charge >= 0.3 is 0 Å². The molecule has 2 aromatic carbocycles. The van der Waals surface area contributed by atoms with Gasteiger partial charge in [-0.25, -0.2) is 0 Å². The predicted molar refractivity (Wildman–Crippen MR) is 113 cm³/mol. The van der Waals surface area contributed by atoms with Gasteiger partial charge in [0.05, 0.1) is 27.3 Å². The monoisotopic (exact) mass is 399 g/mol. The van der Waals surface area contributed by atoms with Crippen molar-refractivity contribution in [3.05, 3.63) is 53.6 Å². The number of amides is 2. The first-order valence-corrected chi connectivity index (χ1v) is 9.51. The molecule has 0 aliphatic heterocycles. The lowest BCUT2D eigenvalue weighted by atomic mass is 10.1. The van der Waals surface area contributed by atoms with Crippen LogP contribution in [0.1, 0.15) is 18.1 Å². The summed E-state index contributed by atoms with van der Waals surface area (Å²) < 4.78 is 10.7. The molecule has 0 bridgehead atoms. The summed E-state index contributed by atoms with van der Waals surface area (Å²) in [5.74, 6) is 0.813. The molecule has 0 unspecified atom stereocenters. The number of aryl methyl sites for hydroxylation is 1. The van der Waals surface area contributed by atoms with E-state index in [-0.39, 0.29) is 24.9 Å². The van der Waals surface area contributed by atoms with Crippen molar-refractivity contribution in [1.29, 1.82) is 0 Å². The highest BCUT2D eigenvalue weighted by Crippen LogP contribution is 2.31. The maximum absolute atomic E-state index is 12.2. The van der Waals surface area contributed by atoms with Crippen LogP contribution < -0.4 is 20.1 Å². The Morgan fingerprint density at radius 2 is 1.69 bits per heavy atom. The van der Waals surface area contributed by atoms with Gasteiger partial charge in [0.25, 0.3) is 0 Å². The van der Waals surface area contributed by atoms with Crippen molar-refractivity contribution in [2.75, 3.05) is 39.7 Å². The summed E-state index contributed by atoms with van der Waals surface area (Å²) in [4.78, 5) is 26.2. The van der Waals surface area contributed by atoms with E-state index in [2.05, 4.69) is 10.6 Å². The molecule has 0 aromatic heterocycles. The Labute approximate surface area is 172 Å². The molecule has 0 heterocycles. The molecule has 7 heteroatoms. The Kier molecular flexibility index (Phi) is 8.48. The van der Waals surface area contributed by atoms with Gasteiger partial charge < -0.3 is 20.1 Å². The van der Waals surface area contributed by atoms with Gasteiger partial charge in [0.15, 0.2) is 11.5 Å². The summed E-state index contributed by atoms with van der Waals surface area (Å²) in [6, 6.07) is 13.3. The lowest BCUT2D eigenvalue weighted by Crippen LogP contribution is -2.39. The molecule has 0 atom stereocenters. The number of anilines is 1. The van der Waals surface area contributed by atoms with Gasteiger partial charge in [-0.05, 0) is 31.2 Å². The third kappa shape index (κ3) is 6.50. The van der Waals surface area contributed by atoms with Crippen LogP contribution in [-0.4, -0.2) is 51.1 Å². The molecular weight excluding hydrogens is 370 g/mol. The maximum Gasteiger partial charge on any atom is 0.243 e. The first kappa shape index (κ1) is 22.2. The first-order valence-electron chi connectivity index (χ1n) is 9.51. The Hall–Kier alpha value is -3.06. The summed E-state index contributed by atoms with van der Waals surface area (Å²) in [6.07, 6.45) is 0.821. The molecule has 0 fully saturated rings. The van der Waals surface area contributed by atoms with Crippen molar-refractivity contribution < 1.29 is 19.1 Å². The highest BCUT2D eigenvalue weighted by Gasteiger charge is 2.14. The Morgan fingerprint density at radius 1 is 0.966 bits per heavy atom. The van der Waals surface area contributed by atoms with Crippen LogP contribution in [0, 0.1) is 0 Å². The second-order valence-electron chi connectivity index (χ2n) is 6.66. The third-order valence-corrected chi connectivity index (χ3v) is 4.46. The van der Waals surface area contributed by atoms with E-state index in [1.165, 1.54) is 0 Å². The number of ether oxygens (including phenoxy) is 2. The van der Waals surface area contributed by atoms with Crippen molar-refractivity contribution >= 4 is 17.5 Å². The second-order valence-corrected chi connectivity index (χ2v) is 6.66. The van der Waals surface area contributed by atoms with Crippen molar-refractivity contribution in [3.8, 4) is 11.5 Å². The average molecular weight is 399 g/mol. The normalized spacial score (nSPS) is 10.5. The van der Waals surface area contributed by atoms with Gasteiger partial charge in [-0.1, -0.05) is 37.3 Å². The van der Waals surface area contributed by atoms with E-state index in [1.54, 1.807) is 14.2 Å². The first-order chi connectivity index (χ1) is 14.0. The van der Waals surface area contributed by atoms with Crippen LogP contribution in [0.25, 0.3) is 0 Å². The van der Waals surface area contributed by atoms with Gasteiger partial charge in [0.1, 0.15) is 0 Å². The van der Waals surface area contributed by atoms with Crippen LogP contribution >= 0.6 is 0 Å². The molecule has 0 aliphatic rings. The van der Waals surface area contributed by atoms with Crippen LogP contribution in [0.5, 0.6) is 11.5 Å². The number of likely N-dealkylation sites (N-methyl/N-ethyl adjacent to an activating group) is 1. The number of hydrogen-bond acceptors (Lipinski definition) is 5. The number of nitrogens with zero attached hydrogens (tertiary/aromatic N) is 1. The highest BCUT2D eigenvalue weighted by molar-refractivity contribution is 5.95. The molecule has 156 valence electrons. The Balaban J connectivity index is 1.84. The van der Waals surface area contributed by atoms with Crippen molar-refractivity contribution in [2.45, 2.75) is 19.9 Å². The molecule has 2 N–H and O–H groups in total. The number of nitrogens with one attached hydrogen (secondary N) is 2. The largest absolute Gasteiger partial charge is 0.493 e. The van der Waals surface area contributed by atoms with E-state index >= 15 is 0 Å². The van der Waals surface area contributed by atoms with Crippen LogP contribution in [-0.2, 0) is 22.6 Å². The minimum Gasteiger partial charge on any atom is -0.493 e. The zero-order chi connectivity index (χ0) is 21.2. The predicted octanol–water partition coefficient (Wildman–Crippen LogP) is 2.45. The lowest BCUT2D eigenvalue weighted by Gasteiger charge is -2.19. The van der Waals surface area contributed by atoms with Crippen LogP contribution in [0.4, 0.5) is 5.69 Å². The molecule has 0 saturated heterocycles. The van der Waals surface area contributed by atoms with Gasteiger partial charge in [0.2, 0.25) is 11.8 Å². The van der Waals surface area contributed by atoms with Gasteiger partial charge in [-0.2, -0.15) is 0 Å². The number of rotatable bonds is 10. The fourth-order valence-corrected chi connectivity index (χ4v) is 3.05. The number of hydrogen-bond donors (Lipinski definition) is 2. The van der Waals surface area contributed by atoms with E-state index in [0.29, 0.717) is 18.0 Å². The summed E-state index contributed by atoms with van der Waals surface area (Å²) in [6.45, 7) is 2.61. The lowest BCUT2D eigenvalue weighted by molar-refractivity contribution is -0.124. The standard InChI is InChI=1S/C22H29N3O4/c1-5-16-9-6-7-11-18(16)24-20(26)13-23-21(27)15-25(2)14-17-10-8-12-19(28-3)22(17)29-4/h6-12H,5,13-15H2,1-4H3,(H,23,27)(H,24,26).